The van der Waals surface area contributed by atoms with Crippen LogP contribution in [0.1, 0.15) is 27.2 Å². The van der Waals surface area contributed by atoms with Crippen molar-refractivity contribution in [3.05, 3.63) is 45.7 Å². The third-order valence-corrected chi connectivity index (χ3v) is 3.61. The van der Waals surface area contributed by atoms with Gasteiger partial charge in [0.2, 0.25) is 0 Å². The number of methoxy groups -OCH3 is 1. The molecule has 6 nitrogen and oxygen atoms in total. The highest BCUT2D eigenvalue weighted by Gasteiger charge is 2.23. The molecule has 7 heteroatoms. The van der Waals surface area contributed by atoms with Crippen molar-refractivity contribution in [3.63, 3.8) is 0 Å². The van der Waals surface area contributed by atoms with E-state index in [1.165, 1.54) is 17.9 Å². The minimum Gasteiger partial charge on any atom is -0.464 e. The van der Waals surface area contributed by atoms with E-state index in [-0.39, 0.29) is 16.9 Å². The van der Waals surface area contributed by atoms with E-state index in [0.29, 0.717) is 16.3 Å². The summed E-state index contributed by atoms with van der Waals surface area (Å²) in [7, 11) is 1.21. The van der Waals surface area contributed by atoms with Gasteiger partial charge in [-0.15, -0.1) is 0 Å². The minimum atomic E-state index is -0.709. The molecule has 110 valence electrons. The first-order valence-electron chi connectivity index (χ1n) is 6.14. The lowest BCUT2D eigenvalue weighted by Gasteiger charge is -2.11. The van der Waals surface area contributed by atoms with Crippen LogP contribution in [-0.4, -0.2) is 17.6 Å². The van der Waals surface area contributed by atoms with E-state index in [1.807, 2.05) is 12.1 Å². The smallest absolute Gasteiger partial charge is 0.357 e. The molecule has 0 aliphatic heterocycles. The van der Waals surface area contributed by atoms with Crippen LogP contribution in [-0.2, 0) is 4.74 Å². The number of halogens is 1. The van der Waals surface area contributed by atoms with Gasteiger partial charge in [0.25, 0.3) is 0 Å². The number of hydrogen-bond donors (Lipinski definition) is 1. The molecule has 22 heavy (non-hydrogen) atoms. The van der Waals surface area contributed by atoms with E-state index in [4.69, 9.17) is 27.3 Å². The molecule has 2 aromatic rings. The first-order chi connectivity index (χ1) is 10.4. The molecule has 0 fully saturated rings. The van der Waals surface area contributed by atoms with Crippen molar-refractivity contribution in [2.75, 3.05) is 12.8 Å². The van der Waals surface area contributed by atoms with Crippen molar-refractivity contribution >= 4 is 23.3 Å². The molecule has 0 amide bonds. The number of benzene rings is 1. The lowest BCUT2D eigenvalue weighted by atomic mass is 10.1. The van der Waals surface area contributed by atoms with Crippen molar-refractivity contribution < 1.29 is 9.53 Å². The number of hydrogen-bond acceptors (Lipinski definition) is 5. The van der Waals surface area contributed by atoms with Gasteiger partial charge in [0.05, 0.1) is 29.6 Å². The number of anilines is 1. The topological polar surface area (TPSA) is 105 Å². The first-order valence-corrected chi connectivity index (χ1v) is 6.52. The van der Waals surface area contributed by atoms with Crippen molar-refractivity contribution in [2.24, 2.45) is 0 Å². The molecule has 0 bridgehead atoms. The Balaban J connectivity index is 2.84. The summed E-state index contributed by atoms with van der Waals surface area (Å²) in [6, 6.07) is 7.08. The second kappa shape index (κ2) is 5.80. The fourth-order valence-corrected chi connectivity index (χ4v) is 2.22. The van der Waals surface area contributed by atoms with Crippen LogP contribution in [0, 0.1) is 29.6 Å². The number of aromatic nitrogens is 1. The third-order valence-electron chi connectivity index (χ3n) is 3.20. The lowest BCUT2D eigenvalue weighted by molar-refractivity contribution is 0.0593. The number of nitrogens with zero attached hydrogens (tertiary/aromatic N) is 3. The van der Waals surface area contributed by atoms with Crippen LogP contribution in [0.4, 0.5) is 5.69 Å². The lowest BCUT2D eigenvalue weighted by Crippen LogP contribution is -2.12. The van der Waals surface area contributed by atoms with E-state index in [0.717, 1.165) is 5.56 Å². The summed E-state index contributed by atoms with van der Waals surface area (Å²) >= 11 is 6.10. The van der Waals surface area contributed by atoms with Gasteiger partial charge in [-0.3, -0.25) is 0 Å². The summed E-state index contributed by atoms with van der Waals surface area (Å²) in [6.45, 7) is 1.76. The molecule has 2 rings (SSSR count). The Morgan fingerprint density at radius 2 is 1.95 bits per heavy atom. The fraction of sp³-hybridized carbons (Fsp3) is 0.133. The molecule has 0 saturated heterocycles. The molecule has 0 unspecified atom stereocenters. The van der Waals surface area contributed by atoms with Crippen LogP contribution in [0.3, 0.4) is 0 Å². The van der Waals surface area contributed by atoms with Crippen LogP contribution >= 0.6 is 11.6 Å². The van der Waals surface area contributed by atoms with E-state index in [1.54, 1.807) is 19.1 Å². The van der Waals surface area contributed by atoms with E-state index in [2.05, 4.69) is 0 Å². The number of nitriles is 2. The van der Waals surface area contributed by atoms with E-state index >= 15 is 0 Å². The Morgan fingerprint density at radius 1 is 1.32 bits per heavy atom. The average molecular weight is 315 g/mol. The maximum absolute atomic E-state index is 12.0. The van der Waals surface area contributed by atoms with Crippen LogP contribution in [0.15, 0.2) is 18.3 Å². The van der Waals surface area contributed by atoms with Crippen molar-refractivity contribution in [1.82, 2.24) is 4.57 Å². The molecule has 2 N–H and O–H groups in total. The Bertz CT molecular complexity index is 856. The molecule has 0 atom stereocenters. The van der Waals surface area contributed by atoms with Crippen molar-refractivity contribution in [2.45, 2.75) is 6.92 Å². The van der Waals surface area contributed by atoms with Gasteiger partial charge < -0.3 is 15.0 Å². The van der Waals surface area contributed by atoms with Gasteiger partial charge in [-0.05, 0) is 24.6 Å². The number of aryl methyl sites for hydroxylation is 1. The molecule has 0 radical (unpaired) electrons. The van der Waals surface area contributed by atoms with Gasteiger partial charge in [-0.1, -0.05) is 11.6 Å². The molecule has 0 saturated carbocycles. The normalized spacial score (nSPS) is 9.86. The predicted molar refractivity (Wildman–Crippen MR) is 80.7 cm³/mol. The third kappa shape index (κ3) is 2.37. The first kappa shape index (κ1) is 15.4. The molecular formula is C15H11ClN4O2. The number of rotatable bonds is 2. The highest BCUT2D eigenvalue weighted by Crippen LogP contribution is 2.29. The monoisotopic (exact) mass is 314 g/mol. The van der Waals surface area contributed by atoms with Gasteiger partial charge in [0.15, 0.2) is 5.69 Å². The van der Waals surface area contributed by atoms with Crippen LogP contribution in [0.5, 0.6) is 0 Å². The van der Waals surface area contributed by atoms with Gasteiger partial charge >= 0.3 is 5.97 Å². The molecule has 0 aliphatic carbocycles. The minimum absolute atomic E-state index is 0.00469. The van der Waals surface area contributed by atoms with E-state index in [9.17, 15) is 10.1 Å². The number of nitrogen functional groups attached to an aromatic ring is 1. The van der Waals surface area contributed by atoms with Crippen LogP contribution in [0.25, 0.3) is 5.69 Å². The standard InChI is InChI=1S/C15H11ClN4O2/c1-8-3-9(5-17)12(4-11(8)16)20-7-10(6-18)13(19)14(20)15(21)22-2/h3-4,7H,19H2,1-2H3. The second-order valence-electron chi connectivity index (χ2n) is 4.51. The van der Waals surface area contributed by atoms with Gasteiger partial charge in [-0.25, -0.2) is 4.79 Å². The summed E-state index contributed by atoms with van der Waals surface area (Å²) in [4.78, 5) is 12.0. The number of ether oxygens (including phenoxy) is 1. The molecular weight excluding hydrogens is 304 g/mol. The zero-order valence-electron chi connectivity index (χ0n) is 11.8. The predicted octanol–water partition coefficient (Wildman–Crippen LogP) is 2.55. The zero-order chi connectivity index (χ0) is 16.4. The van der Waals surface area contributed by atoms with Crippen LogP contribution in [0.2, 0.25) is 5.02 Å². The highest BCUT2D eigenvalue weighted by atomic mass is 35.5. The Labute approximate surface area is 131 Å². The summed E-state index contributed by atoms with van der Waals surface area (Å²) < 4.78 is 6.05. The Hall–Kier alpha value is -2.96. The summed E-state index contributed by atoms with van der Waals surface area (Å²) in [5, 5.41) is 18.8. The fourth-order valence-electron chi connectivity index (χ4n) is 2.06. The number of carbonyl (C=O) groups excluding carboxylic acids is 1. The maximum Gasteiger partial charge on any atom is 0.357 e. The molecule has 1 heterocycles. The highest BCUT2D eigenvalue weighted by molar-refractivity contribution is 6.31. The number of esters is 1. The Kier molecular flexibility index (Phi) is 4.07. The van der Waals surface area contributed by atoms with E-state index < -0.39 is 5.97 Å². The van der Waals surface area contributed by atoms with Gasteiger partial charge in [0, 0.05) is 11.2 Å². The quantitative estimate of drug-likeness (QED) is 0.857. The average Bonchev–Trinajstić information content (AvgIpc) is 2.85. The summed E-state index contributed by atoms with van der Waals surface area (Å²) in [5.74, 6) is -0.709. The SMILES string of the molecule is COC(=O)c1c(N)c(C#N)cn1-c1cc(Cl)c(C)cc1C#N. The number of nitrogens with two attached hydrogens (primary N) is 1. The second-order valence-corrected chi connectivity index (χ2v) is 4.92. The molecule has 0 aliphatic rings. The summed E-state index contributed by atoms with van der Waals surface area (Å²) in [5.41, 5.74) is 7.29. The maximum atomic E-state index is 12.0. The zero-order valence-corrected chi connectivity index (χ0v) is 12.6. The molecule has 1 aromatic heterocycles. The number of carbonyl (C=O) groups is 1. The molecule has 0 spiro atoms. The summed E-state index contributed by atoms with van der Waals surface area (Å²) in [6.07, 6.45) is 1.38. The van der Waals surface area contributed by atoms with Crippen LogP contribution < -0.4 is 5.73 Å². The van der Waals surface area contributed by atoms with Gasteiger partial charge in [-0.2, -0.15) is 10.5 Å². The molecule has 1 aromatic carbocycles. The van der Waals surface area contributed by atoms with Crippen molar-refractivity contribution in [1.29, 1.82) is 10.5 Å². The van der Waals surface area contributed by atoms with Gasteiger partial charge in [0.1, 0.15) is 12.1 Å². The van der Waals surface area contributed by atoms with Crippen molar-refractivity contribution in [3.8, 4) is 17.8 Å². The Morgan fingerprint density at radius 3 is 2.50 bits per heavy atom. The largest absolute Gasteiger partial charge is 0.464 e.